The molecule has 0 fully saturated rings. The zero-order valence-electron chi connectivity index (χ0n) is 11.9. The number of aromatic nitrogens is 2. The number of esters is 1. The lowest BCUT2D eigenvalue weighted by Gasteiger charge is -2.10. The minimum absolute atomic E-state index is 0.254. The predicted molar refractivity (Wildman–Crippen MR) is 80.4 cm³/mol. The molecule has 0 aliphatic heterocycles. The summed E-state index contributed by atoms with van der Waals surface area (Å²) < 4.78 is 4.97. The normalized spacial score (nSPS) is 10.4. The van der Waals surface area contributed by atoms with Crippen LogP contribution < -0.4 is 0 Å². The van der Waals surface area contributed by atoms with Crippen LogP contribution in [0.1, 0.15) is 27.2 Å². The van der Waals surface area contributed by atoms with E-state index in [2.05, 4.69) is 9.97 Å². The van der Waals surface area contributed by atoms with Gasteiger partial charge in [0, 0.05) is 11.3 Å². The topological polar surface area (TPSA) is 55.0 Å². The van der Waals surface area contributed by atoms with E-state index < -0.39 is 5.97 Å². The van der Waals surface area contributed by atoms with Crippen LogP contribution in [0.4, 0.5) is 0 Å². The van der Waals surface area contributed by atoms with Crippen molar-refractivity contribution >= 4 is 18.2 Å². The number of nitrogens with zero attached hydrogens (tertiary/aromatic N) is 1. The number of methoxy groups -OCH3 is 1. The second-order valence-electron chi connectivity index (χ2n) is 4.70. The first-order valence-corrected chi connectivity index (χ1v) is 6.61. The van der Waals surface area contributed by atoms with E-state index in [1.54, 1.807) is 6.92 Å². The van der Waals surface area contributed by atoms with E-state index >= 15 is 0 Å². The zero-order valence-corrected chi connectivity index (χ0v) is 12.7. The number of aryl methyl sites for hydroxylation is 3. The van der Waals surface area contributed by atoms with Gasteiger partial charge in [-0.15, -0.1) is 0 Å². The summed E-state index contributed by atoms with van der Waals surface area (Å²) in [6, 6.07) is 6.12. The van der Waals surface area contributed by atoms with Crippen LogP contribution in [0.2, 0.25) is 0 Å². The van der Waals surface area contributed by atoms with Crippen LogP contribution >= 0.6 is 12.2 Å². The Labute approximate surface area is 122 Å². The lowest BCUT2D eigenvalue weighted by Crippen LogP contribution is -2.09. The Balaban J connectivity index is 2.64. The molecule has 0 unspecified atom stereocenters. The van der Waals surface area contributed by atoms with Crippen molar-refractivity contribution in [2.75, 3.05) is 7.11 Å². The summed E-state index contributed by atoms with van der Waals surface area (Å²) in [4.78, 5) is 19.1. The number of carbonyl (C=O) groups excluding carboxylic acids is 1. The van der Waals surface area contributed by atoms with Crippen LogP contribution in [0.3, 0.4) is 0 Å². The summed E-state index contributed by atoms with van der Waals surface area (Å²) in [5.41, 5.74) is 4.19. The Morgan fingerprint density at radius 3 is 2.60 bits per heavy atom. The standard InChI is InChI=1S/C15H16N2O2S/c1-8-5-6-9(2)11(7-8)13-16-10(3)12(14(20)17-13)15(18)19-4/h5-7H,1-4H3,(H,16,17,20). The number of hydrogen-bond acceptors (Lipinski definition) is 4. The van der Waals surface area contributed by atoms with E-state index in [4.69, 9.17) is 17.0 Å². The molecule has 4 nitrogen and oxygen atoms in total. The second-order valence-corrected chi connectivity index (χ2v) is 5.09. The lowest BCUT2D eigenvalue weighted by atomic mass is 10.0. The SMILES string of the molecule is COC(=O)c1c(C)[nH]c(-c2cc(C)ccc2C)nc1=S. The molecule has 2 aromatic rings. The molecule has 0 saturated carbocycles. The van der Waals surface area contributed by atoms with Crippen molar-refractivity contribution in [1.82, 2.24) is 9.97 Å². The van der Waals surface area contributed by atoms with E-state index in [0.717, 1.165) is 16.7 Å². The van der Waals surface area contributed by atoms with Crippen LogP contribution in [0.15, 0.2) is 18.2 Å². The van der Waals surface area contributed by atoms with Gasteiger partial charge in [0.25, 0.3) is 0 Å². The third-order valence-corrected chi connectivity index (χ3v) is 3.44. The monoisotopic (exact) mass is 288 g/mol. The van der Waals surface area contributed by atoms with Crippen LogP contribution in [0.5, 0.6) is 0 Å². The van der Waals surface area contributed by atoms with Gasteiger partial charge in [0.15, 0.2) is 0 Å². The highest BCUT2D eigenvalue weighted by atomic mass is 32.1. The lowest BCUT2D eigenvalue weighted by molar-refractivity contribution is 0.0598. The summed E-state index contributed by atoms with van der Waals surface area (Å²) in [7, 11) is 1.33. The van der Waals surface area contributed by atoms with Crippen LogP contribution in [-0.4, -0.2) is 23.0 Å². The number of carbonyl (C=O) groups is 1. The molecule has 1 aromatic heterocycles. The summed E-state index contributed by atoms with van der Waals surface area (Å²) >= 11 is 5.21. The zero-order chi connectivity index (χ0) is 14.9. The van der Waals surface area contributed by atoms with Crippen molar-refractivity contribution < 1.29 is 9.53 Å². The average molecular weight is 288 g/mol. The Morgan fingerprint density at radius 1 is 1.30 bits per heavy atom. The molecule has 0 atom stereocenters. The number of ether oxygens (including phenoxy) is 1. The van der Waals surface area contributed by atoms with Crippen LogP contribution in [0.25, 0.3) is 11.4 Å². The van der Waals surface area contributed by atoms with E-state index in [-0.39, 0.29) is 4.64 Å². The predicted octanol–water partition coefficient (Wildman–Crippen LogP) is 3.52. The average Bonchev–Trinajstić information content (AvgIpc) is 2.40. The van der Waals surface area contributed by atoms with E-state index in [9.17, 15) is 4.79 Å². The van der Waals surface area contributed by atoms with Gasteiger partial charge in [-0.05, 0) is 32.4 Å². The molecule has 2 rings (SSSR count). The van der Waals surface area contributed by atoms with Gasteiger partial charge in [-0.3, -0.25) is 0 Å². The van der Waals surface area contributed by atoms with Gasteiger partial charge >= 0.3 is 5.97 Å². The number of hydrogen-bond donors (Lipinski definition) is 1. The Bertz CT molecular complexity index is 735. The largest absolute Gasteiger partial charge is 0.465 e. The number of aromatic amines is 1. The van der Waals surface area contributed by atoms with Crippen molar-refractivity contribution in [3.8, 4) is 11.4 Å². The molecule has 5 heteroatoms. The maximum atomic E-state index is 11.7. The highest BCUT2D eigenvalue weighted by molar-refractivity contribution is 7.71. The summed E-state index contributed by atoms with van der Waals surface area (Å²) in [6.45, 7) is 5.82. The van der Waals surface area contributed by atoms with Crippen LogP contribution in [0, 0.1) is 25.4 Å². The fourth-order valence-corrected chi connectivity index (χ4v) is 2.37. The summed E-state index contributed by atoms with van der Waals surface area (Å²) in [5, 5.41) is 0. The molecule has 0 radical (unpaired) electrons. The summed E-state index contributed by atoms with van der Waals surface area (Å²) in [5.74, 6) is 0.199. The molecular formula is C15H16N2O2S. The quantitative estimate of drug-likeness (QED) is 0.678. The van der Waals surface area contributed by atoms with Crippen LogP contribution in [-0.2, 0) is 4.74 Å². The Morgan fingerprint density at radius 2 is 2.00 bits per heavy atom. The van der Waals surface area contributed by atoms with E-state index in [1.165, 1.54) is 7.11 Å². The molecule has 0 aliphatic carbocycles. The van der Waals surface area contributed by atoms with Crippen molar-refractivity contribution in [2.45, 2.75) is 20.8 Å². The maximum Gasteiger partial charge on any atom is 0.342 e. The molecule has 1 heterocycles. The maximum absolute atomic E-state index is 11.7. The summed E-state index contributed by atoms with van der Waals surface area (Å²) in [6.07, 6.45) is 0. The number of nitrogens with one attached hydrogen (secondary N) is 1. The highest BCUT2D eigenvalue weighted by Gasteiger charge is 2.15. The third-order valence-electron chi connectivity index (χ3n) is 3.15. The van der Waals surface area contributed by atoms with Crippen molar-refractivity contribution in [3.63, 3.8) is 0 Å². The van der Waals surface area contributed by atoms with E-state index in [0.29, 0.717) is 17.1 Å². The molecule has 0 saturated heterocycles. The fraction of sp³-hybridized carbons (Fsp3) is 0.267. The van der Waals surface area contributed by atoms with Gasteiger partial charge in [0.1, 0.15) is 16.0 Å². The molecule has 1 aromatic carbocycles. The number of benzene rings is 1. The molecule has 0 bridgehead atoms. The van der Waals surface area contributed by atoms with E-state index in [1.807, 2.05) is 32.0 Å². The minimum Gasteiger partial charge on any atom is -0.465 e. The third kappa shape index (κ3) is 2.63. The Hall–Kier alpha value is -2.01. The van der Waals surface area contributed by atoms with Gasteiger partial charge in [0.05, 0.1) is 7.11 Å². The van der Waals surface area contributed by atoms with Crippen molar-refractivity contribution in [1.29, 1.82) is 0 Å². The molecule has 104 valence electrons. The van der Waals surface area contributed by atoms with Gasteiger partial charge in [-0.25, -0.2) is 9.78 Å². The molecule has 0 spiro atoms. The first-order valence-electron chi connectivity index (χ1n) is 6.21. The first kappa shape index (κ1) is 14.4. The Kier molecular flexibility index (Phi) is 3.99. The van der Waals surface area contributed by atoms with Gasteiger partial charge in [0.2, 0.25) is 0 Å². The number of H-pyrrole nitrogens is 1. The molecule has 1 N–H and O–H groups in total. The first-order chi connectivity index (χ1) is 9.43. The van der Waals surface area contributed by atoms with Crippen molar-refractivity contribution in [3.05, 3.63) is 45.2 Å². The minimum atomic E-state index is -0.469. The molecular weight excluding hydrogens is 272 g/mol. The second kappa shape index (κ2) is 5.54. The molecule has 20 heavy (non-hydrogen) atoms. The highest BCUT2D eigenvalue weighted by Crippen LogP contribution is 2.22. The smallest absolute Gasteiger partial charge is 0.342 e. The van der Waals surface area contributed by atoms with Gasteiger partial charge < -0.3 is 9.72 Å². The molecule has 0 amide bonds. The molecule has 0 aliphatic rings. The fourth-order valence-electron chi connectivity index (χ4n) is 2.05. The van der Waals surface area contributed by atoms with Crippen molar-refractivity contribution in [2.24, 2.45) is 0 Å². The number of rotatable bonds is 2. The van der Waals surface area contributed by atoms with Gasteiger partial charge in [-0.2, -0.15) is 0 Å². The van der Waals surface area contributed by atoms with Gasteiger partial charge in [-0.1, -0.05) is 29.9 Å².